The van der Waals surface area contributed by atoms with Gasteiger partial charge in [-0.15, -0.1) is 11.3 Å². The average molecular weight is 405 g/mol. The predicted molar refractivity (Wildman–Crippen MR) is 103 cm³/mol. The summed E-state index contributed by atoms with van der Waals surface area (Å²) in [5.74, 6) is -0.505. The van der Waals surface area contributed by atoms with E-state index in [9.17, 15) is 9.59 Å². The first-order valence-corrected chi connectivity index (χ1v) is 9.66. The van der Waals surface area contributed by atoms with Gasteiger partial charge in [0.2, 0.25) is 0 Å². The molecule has 6 nitrogen and oxygen atoms in total. The van der Waals surface area contributed by atoms with Crippen molar-refractivity contribution < 1.29 is 19.1 Å². The summed E-state index contributed by atoms with van der Waals surface area (Å²) in [6.45, 7) is 1.76. The molecule has 1 N–H and O–H groups in total. The smallest absolute Gasteiger partial charge is 0.341 e. The van der Waals surface area contributed by atoms with Gasteiger partial charge in [-0.05, 0) is 49.9 Å². The Morgan fingerprint density at radius 2 is 2.19 bits per heavy atom. The van der Waals surface area contributed by atoms with Crippen molar-refractivity contribution >= 4 is 39.8 Å². The lowest BCUT2D eigenvalue weighted by Crippen LogP contribution is -2.21. The summed E-state index contributed by atoms with van der Waals surface area (Å²) >= 11 is 7.45. The molecule has 1 aliphatic rings. The number of carbonyl (C=O) groups is 2. The summed E-state index contributed by atoms with van der Waals surface area (Å²) in [5.41, 5.74) is 1.84. The van der Waals surface area contributed by atoms with Crippen LogP contribution in [0.1, 0.15) is 39.7 Å². The molecule has 1 aromatic heterocycles. The molecule has 0 aliphatic heterocycles. The van der Waals surface area contributed by atoms with Gasteiger partial charge in [0.25, 0.3) is 5.91 Å². The molecule has 2 aromatic rings. The van der Waals surface area contributed by atoms with E-state index >= 15 is 0 Å². The number of fused-ring (bicyclic) bond motifs is 1. The molecule has 0 saturated carbocycles. The fourth-order valence-electron chi connectivity index (χ4n) is 2.90. The highest BCUT2D eigenvalue weighted by Gasteiger charge is 2.28. The number of hydrogen-bond acceptors (Lipinski definition) is 6. The van der Waals surface area contributed by atoms with Crippen LogP contribution in [0.4, 0.5) is 5.00 Å². The Morgan fingerprint density at radius 1 is 1.37 bits per heavy atom. The maximum Gasteiger partial charge on any atom is 0.341 e. The predicted octanol–water partition coefficient (Wildman–Crippen LogP) is 3.96. The van der Waals surface area contributed by atoms with Crippen LogP contribution in [0, 0.1) is 11.3 Å². The van der Waals surface area contributed by atoms with E-state index in [0.29, 0.717) is 21.9 Å². The number of rotatable bonds is 6. The van der Waals surface area contributed by atoms with E-state index < -0.39 is 11.9 Å². The van der Waals surface area contributed by atoms with Crippen LogP contribution in [0.5, 0.6) is 5.75 Å². The zero-order valence-electron chi connectivity index (χ0n) is 14.6. The van der Waals surface area contributed by atoms with Crippen molar-refractivity contribution in [3.8, 4) is 11.8 Å². The molecule has 1 amide bonds. The number of nitrogens with one attached hydrogen (secondary N) is 1. The summed E-state index contributed by atoms with van der Waals surface area (Å²) < 4.78 is 10.6. The summed E-state index contributed by atoms with van der Waals surface area (Å²) in [5, 5.41) is 12.3. The number of aryl methyl sites for hydroxylation is 1. The number of benzene rings is 1. The topological polar surface area (TPSA) is 88.4 Å². The van der Waals surface area contributed by atoms with Gasteiger partial charge < -0.3 is 14.8 Å². The lowest BCUT2D eigenvalue weighted by molar-refractivity contribution is -0.118. The van der Waals surface area contributed by atoms with E-state index in [1.807, 2.05) is 6.07 Å². The van der Waals surface area contributed by atoms with Crippen molar-refractivity contribution in [3.63, 3.8) is 0 Å². The van der Waals surface area contributed by atoms with Gasteiger partial charge in [0.15, 0.2) is 6.61 Å². The van der Waals surface area contributed by atoms with Crippen LogP contribution >= 0.6 is 22.9 Å². The third-order valence-electron chi connectivity index (χ3n) is 4.07. The molecular formula is C19H17ClN2O4S. The molecule has 1 aromatic carbocycles. The SMILES string of the molecule is CCOC(=O)c1c(NC(=O)COc2ccc(C#N)cc2Cl)sc2c1CCC2. The first-order valence-electron chi connectivity index (χ1n) is 8.47. The Kier molecular flexibility index (Phi) is 5.99. The Morgan fingerprint density at radius 3 is 2.89 bits per heavy atom. The maximum atomic E-state index is 12.3. The number of esters is 1. The molecule has 0 fully saturated rings. The van der Waals surface area contributed by atoms with Crippen LogP contribution < -0.4 is 10.1 Å². The number of amides is 1. The Balaban J connectivity index is 1.70. The van der Waals surface area contributed by atoms with E-state index in [1.165, 1.54) is 23.5 Å². The third-order valence-corrected chi connectivity index (χ3v) is 5.58. The highest BCUT2D eigenvalue weighted by Crippen LogP contribution is 2.39. The number of thiophene rings is 1. The Bertz CT molecular complexity index is 933. The van der Waals surface area contributed by atoms with Crippen LogP contribution in [0.3, 0.4) is 0 Å². The van der Waals surface area contributed by atoms with E-state index in [4.69, 9.17) is 26.3 Å². The Hall–Kier alpha value is -2.56. The standard InChI is InChI=1S/C19H17ClN2O4S/c1-2-25-19(24)17-12-4-3-5-15(12)27-18(17)22-16(23)10-26-14-7-6-11(9-21)8-13(14)20/h6-8H,2-5,10H2,1H3,(H,22,23). The number of anilines is 1. The first-order chi connectivity index (χ1) is 13.0. The van der Waals surface area contributed by atoms with Crippen molar-refractivity contribution in [3.05, 3.63) is 44.8 Å². The molecule has 8 heteroatoms. The molecule has 0 atom stereocenters. The van der Waals surface area contributed by atoms with Crippen LogP contribution in [-0.2, 0) is 22.4 Å². The van der Waals surface area contributed by atoms with Crippen molar-refractivity contribution in [2.45, 2.75) is 26.2 Å². The number of carbonyl (C=O) groups excluding carboxylic acids is 2. The zero-order valence-corrected chi connectivity index (χ0v) is 16.2. The van der Waals surface area contributed by atoms with Gasteiger partial charge >= 0.3 is 5.97 Å². The van der Waals surface area contributed by atoms with E-state index in [2.05, 4.69) is 5.32 Å². The van der Waals surface area contributed by atoms with Gasteiger partial charge in [-0.2, -0.15) is 5.26 Å². The Labute approximate surface area is 165 Å². The fourth-order valence-corrected chi connectivity index (χ4v) is 4.43. The molecule has 1 aliphatic carbocycles. The second-order valence-corrected chi connectivity index (χ2v) is 7.39. The number of nitrogens with zero attached hydrogens (tertiary/aromatic N) is 1. The molecule has 1 heterocycles. The summed E-state index contributed by atoms with van der Waals surface area (Å²) in [6, 6.07) is 6.54. The van der Waals surface area contributed by atoms with E-state index in [0.717, 1.165) is 29.7 Å². The van der Waals surface area contributed by atoms with Gasteiger partial charge in [-0.25, -0.2) is 4.79 Å². The number of hydrogen-bond donors (Lipinski definition) is 1. The quantitative estimate of drug-likeness (QED) is 0.736. The molecular weight excluding hydrogens is 388 g/mol. The van der Waals surface area contributed by atoms with Crippen LogP contribution in [0.2, 0.25) is 5.02 Å². The monoisotopic (exact) mass is 404 g/mol. The molecule has 0 bridgehead atoms. The highest BCUT2D eigenvalue weighted by molar-refractivity contribution is 7.17. The zero-order chi connectivity index (χ0) is 19.4. The van der Waals surface area contributed by atoms with Crippen molar-refractivity contribution in [2.75, 3.05) is 18.5 Å². The van der Waals surface area contributed by atoms with Gasteiger partial charge in [0.05, 0.1) is 28.8 Å². The number of ether oxygens (including phenoxy) is 2. The first kappa shape index (κ1) is 19.2. The van der Waals surface area contributed by atoms with Crippen molar-refractivity contribution in [1.29, 1.82) is 5.26 Å². The van der Waals surface area contributed by atoms with Crippen molar-refractivity contribution in [2.24, 2.45) is 0 Å². The largest absolute Gasteiger partial charge is 0.482 e. The number of halogens is 1. The van der Waals surface area contributed by atoms with Crippen LogP contribution in [0.25, 0.3) is 0 Å². The van der Waals surface area contributed by atoms with Gasteiger partial charge in [-0.3, -0.25) is 4.79 Å². The van der Waals surface area contributed by atoms with E-state index in [1.54, 1.807) is 13.0 Å². The molecule has 0 saturated heterocycles. The van der Waals surface area contributed by atoms with Gasteiger partial charge in [0, 0.05) is 4.88 Å². The minimum atomic E-state index is -0.414. The second-order valence-electron chi connectivity index (χ2n) is 5.88. The molecule has 0 spiro atoms. The van der Waals surface area contributed by atoms with Gasteiger partial charge in [0.1, 0.15) is 10.8 Å². The minimum absolute atomic E-state index is 0.254. The summed E-state index contributed by atoms with van der Waals surface area (Å²) in [7, 11) is 0. The van der Waals surface area contributed by atoms with Crippen molar-refractivity contribution in [1.82, 2.24) is 0 Å². The normalized spacial score (nSPS) is 12.2. The second kappa shape index (κ2) is 8.42. The molecule has 0 unspecified atom stereocenters. The maximum absolute atomic E-state index is 12.3. The average Bonchev–Trinajstić information content (AvgIpc) is 3.21. The lowest BCUT2D eigenvalue weighted by atomic mass is 10.1. The highest BCUT2D eigenvalue weighted by atomic mass is 35.5. The molecule has 140 valence electrons. The van der Waals surface area contributed by atoms with Gasteiger partial charge in [-0.1, -0.05) is 11.6 Å². The number of nitriles is 1. The molecule has 0 radical (unpaired) electrons. The molecule has 3 rings (SSSR count). The fraction of sp³-hybridized carbons (Fsp3) is 0.316. The summed E-state index contributed by atoms with van der Waals surface area (Å²) in [4.78, 5) is 25.7. The van der Waals surface area contributed by atoms with Crippen LogP contribution in [-0.4, -0.2) is 25.1 Å². The molecule has 27 heavy (non-hydrogen) atoms. The third kappa shape index (κ3) is 4.24. The minimum Gasteiger partial charge on any atom is -0.482 e. The van der Waals surface area contributed by atoms with Crippen LogP contribution in [0.15, 0.2) is 18.2 Å². The van der Waals surface area contributed by atoms with E-state index in [-0.39, 0.29) is 18.2 Å². The summed E-state index contributed by atoms with van der Waals surface area (Å²) in [6.07, 6.45) is 2.72. The lowest BCUT2D eigenvalue weighted by Gasteiger charge is -2.10.